The summed E-state index contributed by atoms with van der Waals surface area (Å²) in [5, 5.41) is 0.843. The molecule has 0 fully saturated rings. The third-order valence-corrected chi connectivity index (χ3v) is 4.03. The minimum absolute atomic E-state index is 0.0289. The molecule has 1 aromatic heterocycles. The maximum Gasteiger partial charge on any atom is 0.397 e. The SMILES string of the molecule is CCOS(=O)(=O)O.CC[n+]1c(N)sc2cc(OC)ccc21. The number of anilines is 1. The second-order valence-corrected chi connectivity index (χ2v) is 6.01. The molecule has 0 amide bonds. The van der Waals surface area contributed by atoms with Crippen LogP contribution in [0.5, 0.6) is 5.75 Å². The first-order chi connectivity index (χ1) is 9.82. The van der Waals surface area contributed by atoms with Gasteiger partial charge in [0.2, 0.25) is 0 Å². The van der Waals surface area contributed by atoms with Gasteiger partial charge in [-0.3, -0.25) is 10.3 Å². The van der Waals surface area contributed by atoms with Crippen molar-refractivity contribution in [2.75, 3.05) is 19.5 Å². The zero-order valence-electron chi connectivity index (χ0n) is 12.1. The highest BCUT2D eigenvalue weighted by molar-refractivity contribution is 7.80. The summed E-state index contributed by atoms with van der Waals surface area (Å²) in [4.78, 5) is 0. The van der Waals surface area contributed by atoms with E-state index in [4.69, 9.17) is 15.0 Å². The van der Waals surface area contributed by atoms with Crippen LogP contribution in [-0.4, -0.2) is 26.7 Å². The van der Waals surface area contributed by atoms with Gasteiger partial charge in [-0.05, 0) is 37.3 Å². The zero-order valence-corrected chi connectivity index (χ0v) is 13.7. The van der Waals surface area contributed by atoms with Gasteiger partial charge in [0.1, 0.15) is 11.3 Å². The van der Waals surface area contributed by atoms with E-state index in [1.54, 1.807) is 18.4 Å². The van der Waals surface area contributed by atoms with Gasteiger partial charge in [-0.2, -0.15) is 8.42 Å². The summed E-state index contributed by atoms with van der Waals surface area (Å²) in [5.74, 6) is 0.877. The molecular weight excluding hydrogens is 316 g/mol. The van der Waals surface area contributed by atoms with E-state index in [1.165, 1.54) is 17.1 Å². The Bertz CT molecular complexity index is 697. The predicted octanol–water partition coefficient (Wildman–Crippen LogP) is 1.63. The summed E-state index contributed by atoms with van der Waals surface area (Å²) in [6.45, 7) is 4.43. The van der Waals surface area contributed by atoms with Crippen molar-refractivity contribution in [3.05, 3.63) is 18.2 Å². The highest BCUT2D eigenvalue weighted by Gasteiger charge is 2.13. The van der Waals surface area contributed by atoms with Crippen molar-refractivity contribution in [1.29, 1.82) is 0 Å². The summed E-state index contributed by atoms with van der Waals surface area (Å²) in [7, 11) is -2.50. The van der Waals surface area contributed by atoms with E-state index in [0.717, 1.165) is 17.4 Å². The maximum absolute atomic E-state index is 9.56. The van der Waals surface area contributed by atoms with Gasteiger partial charge in [0.15, 0.2) is 0 Å². The lowest BCUT2D eigenvalue weighted by Crippen LogP contribution is -2.33. The van der Waals surface area contributed by atoms with Crippen LogP contribution in [0, 0.1) is 0 Å². The van der Waals surface area contributed by atoms with E-state index in [-0.39, 0.29) is 6.61 Å². The van der Waals surface area contributed by atoms with Gasteiger partial charge < -0.3 is 4.74 Å². The third-order valence-electron chi connectivity index (χ3n) is 2.52. The topological polar surface area (TPSA) is 103 Å². The van der Waals surface area contributed by atoms with E-state index in [1.807, 2.05) is 18.2 Å². The van der Waals surface area contributed by atoms with Crippen molar-refractivity contribution >= 4 is 37.1 Å². The predicted molar refractivity (Wildman–Crippen MR) is 81.8 cm³/mol. The molecule has 9 heteroatoms. The minimum atomic E-state index is -4.17. The van der Waals surface area contributed by atoms with Crippen LogP contribution < -0.4 is 15.0 Å². The number of rotatable bonds is 4. The number of hydrogen-bond acceptors (Lipinski definition) is 6. The first kappa shape index (κ1) is 17.6. The first-order valence-electron chi connectivity index (χ1n) is 6.20. The van der Waals surface area contributed by atoms with Crippen molar-refractivity contribution < 1.29 is 26.5 Å². The van der Waals surface area contributed by atoms with Crippen molar-refractivity contribution in [2.45, 2.75) is 20.4 Å². The molecule has 0 bridgehead atoms. The molecule has 21 heavy (non-hydrogen) atoms. The smallest absolute Gasteiger partial charge is 0.397 e. The molecule has 1 heterocycles. The molecule has 118 valence electrons. The number of nitrogens with two attached hydrogens (primary N) is 1. The highest BCUT2D eigenvalue weighted by Crippen LogP contribution is 2.25. The number of ether oxygens (including phenoxy) is 1. The lowest BCUT2D eigenvalue weighted by molar-refractivity contribution is -0.649. The zero-order chi connectivity index (χ0) is 16.0. The van der Waals surface area contributed by atoms with E-state index in [9.17, 15) is 8.42 Å². The Morgan fingerprint density at radius 2 is 2.05 bits per heavy atom. The Morgan fingerprint density at radius 1 is 1.38 bits per heavy atom. The average molecular weight is 335 g/mol. The van der Waals surface area contributed by atoms with Gasteiger partial charge >= 0.3 is 15.5 Å². The van der Waals surface area contributed by atoms with Crippen molar-refractivity contribution in [2.24, 2.45) is 0 Å². The van der Waals surface area contributed by atoms with Crippen molar-refractivity contribution in [3.8, 4) is 5.75 Å². The summed E-state index contributed by atoms with van der Waals surface area (Å²) >= 11 is 1.59. The maximum atomic E-state index is 9.56. The molecule has 2 rings (SSSR count). The van der Waals surface area contributed by atoms with E-state index in [2.05, 4.69) is 15.7 Å². The second-order valence-electron chi connectivity index (χ2n) is 3.85. The van der Waals surface area contributed by atoms with Gasteiger partial charge in [-0.15, -0.1) is 0 Å². The molecule has 3 N–H and O–H groups in total. The Kier molecular flexibility index (Phi) is 6.34. The molecule has 1 aromatic carbocycles. The minimum Gasteiger partial charge on any atom is -0.497 e. The van der Waals surface area contributed by atoms with Crippen LogP contribution in [0.15, 0.2) is 18.2 Å². The fourth-order valence-corrected chi connectivity index (χ4v) is 3.01. The van der Waals surface area contributed by atoms with Gasteiger partial charge in [0.25, 0.3) is 0 Å². The molecule has 0 radical (unpaired) electrons. The summed E-state index contributed by atoms with van der Waals surface area (Å²) in [6, 6.07) is 6.02. The summed E-state index contributed by atoms with van der Waals surface area (Å²) in [5.41, 5.74) is 7.07. The number of nitrogens with zero attached hydrogens (tertiary/aromatic N) is 1. The summed E-state index contributed by atoms with van der Waals surface area (Å²) in [6.07, 6.45) is 0. The lowest BCUT2D eigenvalue weighted by Gasteiger charge is -1.98. The van der Waals surface area contributed by atoms with Crippen LogP contribution in [0.2, 0.25) is 0 Å². The highest BCUT2D eigenvalue weighted by atomic mass is 32.3. The fraction of sp³-hybridized carbons (Fsp3) is 0.417. The van der Waals surface area contributed by atoms with E-state index >= 15 is 0 Å². The number of aromatic nitrogens is 1. The Balaban J connectivity index is 0.000000270. The molecule has 0 saturated carbocycles. The molecule has 0 aliphatic rings. The molecule has 7 nitrogen and oxygen atoms in total. The normalized spacial score (nSPS) is 11.0. The van der Waals surface area contributed by atoms with Crippen LogP contribution in [-0.2, 0) is 21.1 Å². The quantitative estimate of drug-likeness (QED) is 0.650. The van der Waals surface area contributed by atoms with Crippen molar-refractivity contribution in [3.63, 3.8) is 0 Å². The fourth-order valence-electron chi connectivity index (χ4n) is 1.69. The number of benzene rings is 1. The summed E-state index contributed by atoms with van der Waals surface area (Å²) < 4.78 is 39.1. The van der Waals surface area contributed by atoms with Crippen LogP contribution in [0.25, 0.3) is 10.2 Å². The second kappa shape index (κ2) is 7.55. The lowest BCUT2D eigenvalue weighted by atomic mass is 10.3. The molecule has 0 saturated heterocycles. The van der Waals surface area contributed by atoms with Crippen LogP contribution in [0.4, 0.5) is 5.13 Å². The number of nitrogen functional groups attached to an aromatic ring is 1. The molecule has 0 aliphatic heterocycles. The van der Waals surface area contributed by atoms with Gasteiger partial charge in [-0.25, -0.2) is 8.75 Å². The van der Waals surface area contributed by atoms with Crippen LogP contribution >= 0.6 is 11.3 Å². The molecule has 0 unspecified atom stereocenters. The standard InChI is InChI=1S/C10H12N2OS.C2H6O4S/c1-3-12-8-5-4-7(13-2)6-9(8)14-10(12)11;1-2-6-7(3,4)5/h4-6,11H,3H2,1-2H3;2H2,1H3,(H,3,4,5)/p+1. The van der Waals surface area contributed by atoms with Gasteiger partial charge in [-0.1, -0.05) is 0 Å². The Hall–Kier alpha value is -1.42. The monoisotopic (exact) mass is 335 g/mol. The Morgan fingerprint density at radius 3 is 2.48 bits per heavy atom. The Labute approximate surface area is 127 Å². The van der Waals surface area contributed by atoms with E-state index in [0.29, 0.717) is 0 Å². The number of methoxy groups -OCH3 is 1. The number of hydrogen-bond donors (Lipinski definition) is 2. The molecule has 0 aliphatic carbocycles. The average Bonchev–Trinajstić information content (AvgIpc) is 2.72. The molecule has 2 aromatic rings. The molecular formula is C12H19N2O5S2+. The van der Waals surface area contributed by atoms with E-state index < -0.39 is 10.4 Å². The number of thiazole rings is 1. The first-order valence-corrected chi connectivity index (χ1v) is 8.38. The molecule has 0 atom stereocenters. The van der Waals surface area contributed by atoms with Gasteiger partial charge in [0, 0.05) is 6.07 Å². The largest absolute Gasteiger partial charge is 0.497 e. The van der Waals surface area contributed by atoms with Gasteiger partial charge in [0.05, 0.1) is 25.0 Å². The third kappa shape index (κ3) is 5.12. The van der Waals surface area contributed by atoms with Crippen LogP contribution in [0.1, 0.15) is 13.8 Å². The van der Waals surface area contributed by atoms with Crippen LogP contribution in [0.3, 0.4) is 0 Å². The number of fused-ring (bicyclic) bond motifs is 1. The number of aryl methyl sites for hydroxylation is 1. The molecule has 0 spiro atoms. The van der Waals surface area contributed by atoms with Crippen molar-refractivity contribution in [1.82, 2.24) is 0 Å².